The number of phenols is 2. The molecule has 8 rings (SSSR count). The number of rotatable bonds is 20. The molecule has 23 atom stereocenters. The van der Waals surface area contributed by atoms with Gasteiger partial charge in [-0.15, -0.1) is 0 Å². The summed E-state index contributed by atoms with van der Waals surface area (Å²) in [7, 11) is 6.50. The minimum atomic E-state index is -1.54. The van der Waals surface area contributed by atoms with E-state index in [1.165, 1.54) is 34.1 Å². The molecule has 478 valence electrons. The van der Waals surface area contributed by atoms with Crippen LogP contribution in [0.25, 0.3) is 10.8 Å². The van der Waals surface area contributed by atoms with Crippen LogP contribution in [0.3, 0.4) is 0 Å². The van der Waals surface area contributed by atoms with Gasteiger partial charge in [0.1, 0.15) is 59.5 Å². The molecule has 0 spiro atoms. The predicted octanol–water partition coefficient (Wildman–Crippen LogP) is 2.24. The van der Waals surface area contributed by atoms with Gasteiger partial charge in [0, 0.05) is 78.3 Å². The Bertz CT molecular complexity index is 2630. The number of aliphatic hydroxyl groups excluding tert-OH is 3. The Morgan fingerprint density at radius 3 is 1.89 bits per heavy atom. The molecule has 85 heavy (non-hydrogen) atoms. The van der Waals surface area contributed by atoms with Gasteiger partial charge in [0.15, 0.2) is 43.2 Å². The van der Waals surface area contributed by atoms with Gasteiger partial charge in [-0.2, -0.15) is 0 Å². The van der Waals surface area contributed by atoms with Crippen LogP contribution in [-0.2, 0) is 82.4 Å². The summed E-state index contributed by atoms with van der Waals surface area (Å²) in [6, 6.07) is 4.39. The molecule has 0 bridgehead atoms. The number of aliphatic hydroxyl groups is 4. The van der Waals surface area contributed by atoms with Crippen molar-refractivity contribution in [3.63, 3.8) is 0 Å². The van der Waals surface area contributed by atoms with Crippen LogP contribution in [0.1, 0.15) is 110 Å². The maximum atomic E-state index is 15.2. The first-order valence-corrected chi connectivity index (χ1v) is 29.3. The van der Waals surface area contributed by atoms with E-state index in [0.717, 1.165) is 0 Å². The molecule has 0 radical (unpaired) electrons. The Morgan fingerprint density at radius 2 is 1.31 bits per heavy atom. The van der Waals surface area contributed by atoms with Gasteiger partial charge in [0.05, 0.1) is 65.7 Å². The third kappa shape index (κ3) is 15.3. The Kier molecular flexibility index (Phi) is 21.8. The van der Waals surface area contributed by atoms with E-state index in [-0.39, 0.29) is 67.2 Å². The predicted molar refractivity (Wildman–Crippen MR) is 296 cm³/mol. The molecule has 26 heteroatoms. The van der Waals surface area contributed by atoms with E-state index in [4.69, 9.17) is 66.3 Å². The van der Waals surface area contributed by atoms with Crippen LogP contribution in [0.2, 0.25) is 0 Å². The minimum Gasteiger partial charge on any atom is -0.507 e. The van der Waals surface area contributed by atoms with E-state index >= 15 is 4.79 Å². The lowest BCUT2D eigenvalue weighted by molar-refractivity contribution is -0.334. The Morgan fingerprint density at radius 1 is 0.741 bits per heavy atom. The summed E-state index contributed by atoms with van der Waals surface area (Å²) in [4.78, 5) is 55.9. The number of benzene rings is 2. The van der Waals surface area contributed by atoms with E-state index in [0.29, 0.717) is 12.1 Å². The van der Waals surface area contributed by atoms with Crippen molar-refractivity contribution in [2.75, 3.05) is 41.4 Å². The molecule has 0 saturated carbocycles. The molecule has 2 aromatic carbocycles. The van der Waals surface area contributed by atoms with Gasteiger partial charge in [-0.05, 0) is 85.1 Å². The van der Waals surface area contributed by atoms with Crippen LogP contribution in [0.4, 0.5) is 0 Å². The summed E-state index contributed by atoms with van der Waals surface area (Å²) in [5, 5.41) is 71.9. The zero-order valence-electron chi connectivity index (χ0n) is 50.6. The zero-order chi connectivity index (χ0) is 62.1. The van der Waals surface area contributed by atoms with Crippen molar-refractivity contribution in [3.8, 4) is 17.2 Å². The number of ether oxygens (including phenoxy) is 14. The maximum absolute atomic E-state index is 15.2. The summed E-state index contributed by atoms with van der Waals surface area (Å²) < 4.78 is 85.0. The number of likely N-dealkylation sites (N-methyl/N-ethyl adjacent to an activating group) is 1. The Labute approximate surface area is 494 Å². The first-order chi connectivity index (χ1) is 40.1. The first-order valence-electron chi connectivity index (χ1n) is 29.3. The molecule has 2 aromatic rings. The number of nitrogens with one attached hydrogen (secondary N) is 1. The Balaban J connectivity index is 1.01. The number of hydrogen-bond donors (Lipinski definition) is 7. The fourth-order valence-electron chi connectivity index (χ4n) is 12.4. The molecular formula is C59H88N2O24. The Hall–Kier alpha value is -4.46. The fraction of sp³-hybridized carbons (Fsp3) is 0.763. The average Bonchev–Trinajstić information content (AvgIpc) is 1.37. The van der Waals surface area contributed by atoms with Crippen molar-refractivity contribution in [1.82, 2.24) is 10.2 Å². The number of aromatic hydroxyl groups is 2. The van der Waals surface area contributed by atoms with E-state index in [1.807, 2.05) is 19.0 Å². The second-order valence-corrected chi connectivity index (χ2v) is 24.2. The van der Waals surface area contributed by atoms with Crippen molar-refractivity contribution >= 4 is 34.4 Å². The highest BCUT2D eigenvalue weighted by Gasteiger charge is 2.52. The number of hydrogen-bond acceptors (Lipinski definition) is 25. The highest BCUT2D eigenvalue weighted by molar-refractivity contribution is 6.11. The lowest BCUT2D eigenvalue weighted by atomic mass is 9.76. The van der Waals surface area contributed by atoms with Crippen LogP contribution in [0.5, 0.6) is 17.2 Å². The lowest BCUT2D eigenvalue weighted by Crippen LogP contribution is -2.59. The van der Waals surface area contributed by atoms with Gasteiger partial charge in [-0.1, -0.05) is 13.8 Å². The molecule has 7 N–H and O–H groups in total. The smallest absolute Gasteiger partial charge is 0.308 e. The third-order valence-corrected chi connectivity index (χ3v) is 16.7. The molecule has 5 aliphatic heterocycles. The molecule has 1 amide bonds. The summed E-state index contributed by atoms with van der Waals surface area (Å²) in [6.45, 7) is 15.2. The lowest BCUT2D eigenvalue weighted by Gasteiger charge is -2.47. The molecule has 0 aromatic heterocycles. The highest BCUT2D eigenvalue weighted by Crippen LogP contribution is 2.46. The molecule has 5 saturated heterocycles. The van der Waals surface area contributed by atoms with Crippen molar-refractivity contribution < 1.29 is 116 Å². The average molecular weight is 1210 g/mol. The molecule has 0 unspecified atom stereocenters. The van der Waals surface area contributed by atoms with Crippen LogP contribution in [0.15, 0.2) is 18.2 Å². The van der Waals surface area contributed by atoms with Crippen molar-refractivity contribution in [1.29, 1.82) is 0 Å². The number of amides is 1. The second kappa shape index (κ2) is 27.9. The largest absolute Gasteiger partial charge is 0.507 e. The summed E-state index contributed by atoms with van der Waals surface area (Å²) in [5.41, 5.74) is -1.43. The van der Waals surface area contributed by atoms with Crippen LogP contribution in [0, 0.1) is 11.8 Å². The normalized spacial score (nSPS) is 38.4. The standard InChI is InChI=1S/C59H88N2O24/c1-25(2)58(70)85-56-30(7)78-45(24-59(56,9)71)82-39-21-43(74-26(3)49(39)66)81-38-22-44(75-27(4)48(38)65)84-54-35(55(73-13)57(69)60-14-15-61(10)11)18-33-16-32-17-34(19-36(63)46(32)50(67)47(33)51(54)68)80-42-23-40(53(29(6)77-42)79-31(8)62)83-41-20-37(64)52(72-12)28(5)76-41/h16-17,19,25-30,35,37-45,48-49,52-56,63-67,71H,14-15,18,20-24H2,1-13H3,(H,60,69)/t26-,27-,28-,29-,30+,35-,37-,38+,39+,40-,41-,42+,43+,44+,45+,48-,49-,52-,53-,54+,55+,56+,59-/m1/s1. The van der Waals surface area contributed by atoms with Gasteiger partial charge in [0.2, 0.25) is 12.2 Å². The molecule has 26 nitrogen and oxygen atoms in total. The number of Topliss-reactive ketones (excluding diaryl/α,β-unsaturated/α-hetero) is 1. The van der Waals surface area contributed by atoms with Crippen molar-refractivity contribution in [3.05, 3.63) is 29.3 Å². The number of carbonyl (C=O) groups excluding carboxylic acids is 4. The van der Waals surface area contributed by atoms with E-state index < -0.39 is 182 Å². The SMILES string of the molecule is CO[C@H]1[C@H](O)C[C@@H](O[C@@H]2C[C@H](Oc3cc(O)c4c(O)c5c(cc4c3)C[C@@H]([C@H](OC)C(=O)NCCN(C)C)[C@H](O[C@H]3C[C@H](O[C@H]4C[C@H](O[C@H]6C[C@@](C)(O)[C@@H](OC(=O)C(C)C)[C@H](C)O6)[C@H](O)[C@@H](C)O4)[C@H](O)[C@@H](C)O3)C5=O)O[C@H](C)[C@H]2OC(C)=O)O[C@@H]1C. The molecule has 6 aliphatic rings. The zero-order valence-corrected chi connectivity index (χ0v) is 50.6. The number of ketones is 1. The number of nitrogens with zero attached hydrogens (tertiary/aromatic N) is 1. The van der Waals surface area contributed by atoms with Gasteiger partial charge < -0.3 is 107 Å². The van der Waals surface area contributed by atoms with Crippen LogP contribution >= 0.6 is 0 Å². The molecule has 5 heterocycles. The highest BCUT2D eigenvalue weighted by atomic mass is 16.7. The quantitative estimate of drug-likeness (QED) is 0.0935. The van der Waals surface area contributed by atoms with Gasteiger partial charge in [-0.3, -0.25) is 19.2 Å². The molecular weight excluding hydrogens is 1120 g/mol. The topological polar surface area (TPSA) is 334 Å². The van der Waals surface area contributed by atoms with Crippen LogP contribution in [-0.4, -0.2) is 235 Å². The van der Waals surface area contributed by atoms with Crippen LogP contribution < -0.4 is 10.1 Å². The van der Waals surface area contributed by atoms with E-state index in [1.54, 1.807) is 60.6 Å². The maximum Gasteiger partial charge on any atom is 0.308 e. The van der Waals surface area contributed by atoms with Gasteiger partial charge in [0.25, 0.3) is 0 Å². The monoisotopic (exact) mass is 1210 g/mol. The second-order valence-electron chi connectivity index (χ2n) is 24.2. The third-order valence-electron chi connectivity index (χ3n) is 16.7. The number of esters is 2. The van der Waals surface area contributed by atoms with Gasteiger partial charge in [-0.25, -0.2) is 0 Å². The first kappa shape index (κ1) is 66.5. The molecule has 1 aliphatic carbocycles. The molecule has 5 fully saturated rings. The fourth-order valence-corrected chi connectivity index (χ4v) is 12.4. The van der Waals surface area contributed by atoms with E-state index in [9.17, 15) is 45.0 Å². The van der Waals surface area contributed by atoms with Gasteiger partial charge >= 0.3 is 11.9 Å². The van der Waals surface area contributed by atoms with Crippen molar-refractivity contribution in [2.24, 2.45) is 11.8 Å². The number of phenolic OH excluding ortho intramolecular Hbond substituents is 2. The number of fused-ring (bicyclic) bond motifs is 2. The summed E-state index contributed by atoms with van der Waals surface area (Å²) in [6.07, 6.45) is -20.9. The van der Waals surface area contributed by atoms with E-state index in [2.05, 4.69) is 5.32 Å². The summed E-state index contributed by atoms with van der Waals surface area (Å²) in [5.74, 6) is -4.78. The number of methoxy groups -OCH3 is 2. The number of carbonyl (C=O) groups is 4. The minimum absolute atomic E-state index is 0.00708. The summed E-state index contributed by atoms with van der Waals surface area (Å²) >= 11 is 0. The van der Waals surface area contributed by atoms with Crippen molar-refractivity contribution in [2.45, 2.75) is 236 Å².